The molecule has 0 saturated carbocycles. The first kappa shape index (κ1) is 13.0. The van der Waals surface area contributed by atoms with Gasteiger partial charge in [-0.3, -0.25) is 4.79 Å². The molecule has 1 heterocycles. The Labute approximate surface area is 107 Å². The van der Waals surface area contributed by atoms with Crippen molar-refractivity contribution in [1.29, 1.82) is 0 Å². The van der Waals surface area contributed by atoms with E-state index in [2.05, 4.69) is 5.32 Å². The summed E-state index contributed by atoms with van der Waals surface area (Å²) in [5.74, 6) is -0.146. The van der Waals surface area contributed by atoms with Crippen LogP contribution in [0, 0.1) is 0 Å². The van der Waals surface area contributed by atoms with E-state index in [1.165, 1.54) is 12.1 Å². The van der Waals surface area contributed by atoms with Gasteiger partial charge < -0.3 is 10.2 Å². The minimum absolute atomic E-state index is 0.146. The predicted molar refractivity (Wildman–Crippen MR) is 68.3 cm³/mol. The molecule has 98 valence electrons. The van der Waals surface area contributed by atoms with Crippen LogP contribution >= 0.6 is 0 Å². The number of nitrogens with zero attached hydrogens (tertiary/aromatic N) is 1. The largest absolute Gasteiger partial charge is 0.336 e. The molecule has 0 aliphatic carbocycles. The third-order valence-electron chi connectivity index (χ3n) is 3.14. The summed E-state index contributed by atoms with van der Waals surface area (Å²) in [4.78, 5) is 14.0. The van der Waals surface area contributed by atoms with Gasteiger partial charge in [0.05, 0.1) is 10.9 Å². The normalized spacial score (nSPS) is 16.1. The first-order chi connectivity index (χ1) is 8.39. The molecule has 0 bridgehead atoms. The molecule has 1 aliphatic rings. The van der Waals surface area contributed by atoms with Gasteiger partial charge in [-0.25, -0.2) is 8.42 Å². The van der Waals surface area contributed by atoms with E-state index in [1.807, 2.05) is 0 Å². The van der Waals surface area contributed by atoms with E-state index in [9.17, 15) is 13.2 Å². The van der Waals surface area contributed by atoms with Crippen LogP contribution in [-0.2, 0) is 9.84 Å². The highest BCUT2D eigenvalue weighted by Crippen LogP contribution is 2.14. The summed E-state index contributed by atoms with van der Waals surface area (Å²) < 4.78 is 22.9. The zero-order valence-corrected chi connectivity index (χ0v) is 11.2. The Morgan fingerprint density at radius 2 is 2.06 bits per heavy atom. The smallest absolute Gasteiger partial charge is 0.253 e. The average Bonchev–Trinajstić information content (AvgIpc) is 2.24. The van der Waals surface area contributed by atoms with Gasteiger partial charge >= 0.3 is 0 Å². The van der Waals surface area contributed by atoms with Gasteiger partial charge in [0.1, 0.15) is 0 Å². The Morgan fingerprint density at radius 3 is 2.56 bits per heavy atom. The maximum atomic E-state index is 12.2. The van der Waals surface area contributed by atoms with E-state index in [0.717, 1.165) is 19.3 Å². The van der Waals surface area contributed by atoms with E-state index >= 15 is 0 Å². The molecule has 0 atom stereocenters. The van der Waals surface area contributed by atoms with Crippen molar-refractivity contribution in [3.8, 4) is 0 Å². The van der Waals surface area contributed by atoms with Crippen LogP contribution in [0.2, 0.25) is 0 Å². The van der Waals surface area contributed by atoms with Gasteiger partial charge in [0.25, 0.3) is 5.91 Å². The van der Waals surface area contributed by atoms with Gasteiger partial charge in [-0.1, -0.05) is 6.07 Å². The lowest BCUT2D eigenvalue weighted by atomic mass is 10.1. The number of sulfone groups is 1. The lowest BCUT2D eigenvalue weighted by molar-refractivity contribution is 0.0681. The Bertz CT molecular complexity index is 564. The van der Waals surface area contributed by atoms with E-state index < -0.39 is 9.84 Å². The highest BCUT2D eigenvalue weighted by atomic mass is 32.2. The van der Waals surface area contributed by atoms with Crippen LogP contribution in [0.25, 0.3) is 0 Å². The standard InChI is InChI=1S/C12H16N2O3S/c1-14(10-7-13-8-10)12(15)9-4-3-5-11(6-9)18(2,16)17/h3-6,10,13H,7-8H2,1-2H3. The van der Waals surface area contributed by atoms with Gasteiger partial charge in [0, 0.05) is 32.0 Å². The van der Waals surface area contributed by atoms with Crippen LogP contribution in [0.15, 0.2) is 29.2 Å². The number of likely N-dealkylation sites (N-methyl/N-ethyl adjacent to an activating group) is 1. The zero-order valence-electron chi connectivity index (χ0n) is 10.4. The summed E-state index contributed by atoms with van der Waals surface area (Å²) in [5, 5.41) is 3.09. The van der Waals surface area contributed by atoms with E-state index in [0.29, 0.717) is 5.56 Å². The van der Waals surface area contributed by atoms with Gasteiger partial charge in [-0.05, 0) is 18.2 Å². The SMILES string of the molecule is CN(C(=O)c1cccc(S(C)(=O)=O)c1)C1CNC1. The summed E-state index contributed by atoms with van der Waals surface area (Å²) in [6.07, 6.45) is 1.14. The van der Waals surface area contributed by atoms with Crippen molar-refractivity contribution in [1.82, 2.24) is 10.2 Å². The molecule has 2 rings (SSSR count). The summed E-state index contributed by atoms with van der Waals surface area (Å²) in [6.45, 7) is 1.57. The summed E-state index contributed by atoms with van der Waals surface area (Å²) in [6, 6.07) is 6.35. The Morgan fingerprint density at radius 1 is 1.39 bits per heavy atom. The molecule has 0 radical (unpaired) electrons. The van der Waals surface area contributed by atoms with Crippen LogP contribution in [0.4, 0.5) is 0 Å². The minimum Gasteiger partial charge on any atom is -0.336 e. The highest BCUT2D eigenvalue weighted by molar-refractivity contribution is 7.90. The molecule has 1 fully saturated rings. The number of hydrogen-bond acceptors (Lipinski definition) is 4. The number of carbonyl (C=O) groups excluding carboxylic acids is 1. The topological polar surface area (TPSA) is 66.5 Å². The molecule has 6 heteroatoms. The molecular formula is C12H16N2O3S. The van der Waals surface area contributed by atoms with E-state index in [1.54, 1.807) is 24.1 Å². The molecule has 1 aromatic carbocycles. The van der Waals surface area contributed by atoms with Crippen molar-refractivity contribution in [2.24, 2.45) is 0 Å². The van der Waals surface area contributed by atoms with Crippen molar-refractivity contribution >= 4 is 15.7 Å². The van der Waals surface area contributed by atoms with Crippen molar-refractivity contribution in [3.05, 3.63) is 29.8 Å². The first-order valence-electron chi connectivity index (χ1n) is 5.67. The van der Waals surface area contributed by atoms with Gasteiger partial charge in [0.15, 0.2) is 9.84 Å². The van der Waals surface area contributed by atoms with Crippen molar-refractivity contribution in [2.75, 3.05) is 26.4 Å². The molecular weight excluding hydrogens is 252 g/mol. The lowest BCUT2D eigenvalue weighted by Crippen LogP contribution is -2.57. The monoisotopic (exact) mass is 268 g/mol. The van der Waals surface area contributed by atoms with Crippen LogP contribution in [0.5, 0.6) is 0 Å². The summed E-state index contributed by atoms with van der Waals surface area (Å²) in [5.41, 5.74) is 0.410. The molecule has 1 saturated heterocycles. The second-order valence-electron chi connectivity index (χ2n) is 4.53. The number of hydrogen-bond donors (Lipinski definition) is 1. The third kappa shape index (κ3) is 2.54. The Balaban J connectivity index is 2.25. The molecule has 18 heavy (non-hydrogen) atoms. The molecule has 0 aromatic heterocycles. The van der Waals surface area contributed by atoms with Crippen LogP contribution in [0.1, 0.15) is 10.4 Å². The van der Waals surface area contributed by atoms with Crippen LogP contribution < -0.4 is 5.32 Å². The number of amides is 1. The number of benzene rings is 1. The van der Waals surface area contributed by atoms with E-state index in [4.69, 9.17) is 0 Å². The summed E-state index contributed by atoms with van der Waals surface area (Å²) in [7, 11) is -1.54. The predicted octanol–water partition coefficient (Wildman–Crippen LogP) is 0.134. The first-order valence-corrected chi connectivity index (χ1v) is 7.57. The molecule has 1 amide bonds. The number of nitrogens with one attached hydrogen (secondary N) is 1. The Hall–Kier alpha value is -1.40. The molecule has 5 nitrogen and oxygen atoms in total. The van der Waals surface area contributed by atoms with Crippen molar-refractivity contribution in [3.63, 3.8) is 0 Å². The minimum atomic E-state index is -3.28. The number of rotatable bonds is 3. The Kier molecular flexibility index (Phi) is 3.41. The highest BCUT2D eigenvalue weighted by Gasteiger charge is 2.26. The maximum absolute atomic E-state index is 12.2. The molecule has 1 aromatic rings. The molecule has 0 unspecified atom stereocenters. The van der Waals surface area contributed by atoms with Gasteiger partial charge in [0.2, 0.25) is 0 Å². The van der Waals surface area contributed by atoms with Crippen LogP contribution in [0.3, 0.4) is 0 Å². The molecule has 1 N–H and O–H groups in total. The second-order valence-corrected chi connectivity index (χ2v) is 6.54. The average molecular weight is 268 g/mol. The van der Waals surface area contributed by atoms with Crippen LogP contribution in [-0.4, -0.2) is 51.7 Å². The van der Waals surface area contributed by atoms with Crippen molar-refractivity contribution < 1.29 is 13.2 Å². The van der Waals surface area contributed by atoms with Gasteiger partial charge in [-0.15, -0.1) is 0 Å². The van der Waals surface area contributed by atoms with Gasteiger partial charge in [-0.2, -0.15) is 0 Å². The number of carbonyl (C=O) groups is 1. The quantitative estimate of drug-likeness (QED) is 0.846. The van der Waals surface area contributed by atoms with Crippen molar-refractivity contribution in [2.45, 2.75) is 10.9 Å². The third-order valence-corrected chi connectivity index (χ3v) is 4.25. The lowest BCUT2D eigenvalue weighted by Gasteiger charge is -2.35. The zero-order chi connectivity index (χ0) is 13.3. The van der Waals surface area contributed by atoms with E-state index in [-0.39, 0.29) is 16.8 Å². The molecule has 1 aliphatic heterocycles. The molecule has 0 spiro atoms. The fraction of sp³-hybridized carbons (Fsp3) is 0.417. The fourth-order valence-corrected chi connectivity index (χ4v) is 2.44. The second kappa shape index (κ2) is 4.70. The summed E-state index contributed by atoms with van der Waals surface area (Å²) >= 11 is 0. The maximum Gasteiger partial charge on any atom is 0.253 e. The fourth-order valence-electron chi connectivity index (χ4n) is 1.78.